The van der Waals surface area contributed by atoms with Gasteiger partial charge in [0.25, 0.3) is 0 Å². The molecule has 0 aliphatic carbocycles. The van der Waals surface area contributed by atoms with Crippen LogP contribution in [-0.4, -0.2) is 18.6 Å². The molecular formula is C11H15ClN2. The maximum atomic E-state index is 5.96. The molecule has 1 heterocycles. The molecule has 0 fully saturated rings. The Kier molecular flexibility index (Phi) is 4.63. The van der Waals surface area contributed by atoms with E-state index in [1.807, 2.05) is 26.1 Å². The van der Waals surface area contributed by atoms with Crippen LogP contribution in [-0.2, 0) is 0 Å². The van der Waals surface area contributed by atoms with Crippen LogP contribution in [0.3, 0.4) is 0 Å². The van der Waals surface area contributed by atoms with Gasteiger partial charge in [-0.05, 0) is 38.6 Å². The highest BCUT2D eigenvalue weighted by Crippen LogP contribution is 2.18. The summed E-state index contributed by atoms with van der Waals surface area (Å²) >= 11 is 5.96. The summed E-state index contributed by atoms with van der Waals surface area (Å²) in [5, 5.41) is 3.66. The molecule has 2 nitrogen and oxygen atoms in total. The second-order valence-corrected chi connectivity index (χ2v) is 3.48. The largest absolute Gasteiger partial charge is 0.319 e. The molecule has 1 aromatic heterocycles. The van der Waals surface area contributed by atoms with E-state index < -0.39 is 0 Å². The van der Waals surface area contributed by atoms with Crippen LogP contribution in [0.1, 0.15) is 17.5 Å². The van der Waals surface area contributed by atoms with Gasteiger partial charge >= 0.3 is 0 Å². The van der Waals surface area contributed by atoms with Gasteiger partial charge in [-0.1, -0.05) is 23.8 Å². The Hall–Kier alpha value is -0.860. The van der Waals surface area contributed by atoms with E-state index in [2.05, 4.69) is 16.4 Å². The van der Waals surface area contributed by atoms with Crippen molar-refractivity contribution in [3.8, 4) is 0 Å². The van der Waals surface area contributed by atoms with Crippen LogP contribution < -0.4 is 5.32 Å². The van der Waals surface area contributed by atoms with Gasteiger partial charge < -0.3 is 5.32 Å². The Morgan fingerprint density at radius 1 is 1.57 bits per heavy atom. The second kappa shape index (κ2) is 5.78. The first-order valence-electron chi connectivity index (χ1n) is 4.68. The number of halogens is 1. The molecule has 0 aliphatic heterocycles. The van der Waals surface area contributed by atoms with Crippen LogP contribution in [0.5, 0.6) is 0 Å². The molecule has 0 atom stereocenters. The number of hydrogen-bond donors (Lipinski definition) is 1. The lowest BCUT2D eigenvalue weighted by Crippen LogP contribution is -2.05. The Morgan fingerprint density at radius 2 is 2.36 bits per heavy atom. The fourth-order valence-corrected chi connectivity index (χ4v) is 1.43. The van der Waals surface area contributed by atoms with Gasteiger partial charge in [0.15, 0.2) is 0 Å². The molecule has 14 heavy (non-hydrogen) atoms. The molecular weight excluding hydrogens is 196 g/mol. The van der Waals surface area contributed by atoms with Crippen LogP contribution in [0.2, 0.25) is 5.15 Å². The van der Waals surface area contributed by atoms with Crippen LogP contribution in [0.15, 0.2) is 18.3 Å². The molecule has 0 spiro atoms. The van der Waals surface area contributed by atoms with Crippen molar-refractivity contribution in [3.05, 3.63) is 34.6 Å². The molecule has 0 saturated heterocycles. The topological polar surface area (TPSA) is 24.9 Å². The highest BCUT2D eigenvalue weighted by molar-refractivity contribution is 6.30. The third-order valence-electron chi connectivity index (χ3n) is 2.01. The smallest absolute Gasteiger partial charge is 0.136 e. The highest BCUT2D eigenvalue weighted by Gasteiger charge is 1.99. The van der Waals surface area contributed by atoms with Crippen molar-refractivity contribution >= 4 is 17.7 Å². The third-order valence-corrected chi connectivity index (χ3v) is 2.31. The van der Waals surface area contributed by atoms with Crippen molar-refractivity contribution in [1.82, 2.24) is 10.3 Å². The molecule has 0 aromatic carbocycles. The van der Waals surface area contributed by atoms with Gasteiger partial charge in [0.2, 0.25) is 0 Å². The summed E-state index contributed by atoms with van der Waals surface area (Å²) in [4.78, 5) is 4.04. The van der Waals surface area contributed by atoms with E-state index in [9.17, 15) is 0 Å². The van der Waals surface area contributed by atoms with E-state index in [1.54, 1.807) is 6.20 Å². The monoisotopic (exact) mass is 210 g/mol. The molecule has 0 aliphatic rings. The van der Waals surface area contributed by atoms with Crippen molar-refractivity contribution in [1.29, 1.82) is 0 Å². The van der Waals surface area contributed by atoms with Gasteiger partial charge in [-0.2, -0.15) is 0 Å². The molecule has 1 N–H and O–H groups in total. The Morgan fingerprint density at radius 3 is 3.00 bits per heavy atom. The predicted octanol–water partition coefficient (Wildman–Crippen LogP) is 2.67. The van der Waals surface area contributed by atoms with Gasteiger partial charge in [-0.25, -0.2) is 4.98 Å². The van der Waals surface area contributed by atoms with Gasteiger partial charge in [0.05, 0.1) is 0 Å². The number of pyridine rings is 1. The molecule has 3 heteroatoms. The van der Waals surface area contributed by atoms with Crippen molar-refractivity contribution in [3.63, 3.8) is 0 Å². The first kappa shape index (κ1) is 11.2. The average molecular weight is 211 g/mol. The van der Waals surface area contributed by atoms with Crippen LogP contribution >= 0.6 is 11.6 Å². The van der Waals surface area contributed by atoms with Crippen LogP contribution in [0.4, 0.5) is 0 Å². The Bertz CT molecular complexity index is 301. The number of hydrogen-bond acceptors (Lipinski definition) is 2. The van der Waals surface area contributed by atoms with Crippen molar-refractivity contribution in [2.75, 3.05) is 13.6 Å². The van der Waals surface area contributed by atoms with Gasteiger partial charge in [0.1, 0.15) is 5.15 Å². The van der Waals surface area contributed by atoms with Crippen molar-refractivity contribution in [2.24, 2.45) is 0 Å². The number of rotatable bonds is 4. The predicted molar refractivity (Wildman–Crippen MR) is 61.6 cm³/mol. The zero-order chi connectivity index (χ0) is 10.4. The van der Waals surface area contributed by atoms with E-state index >= 15 is 0 Å². The Balaban J connectivity index is 2.70. The third kappa shape index (κ3) is 3.13. The van der Waals surface area contributed by atoms with Crippen LogP contribution in [0, 0.1) is 6.92 Å². The summed E-state index contributed by atoms with van der Waals surface area (Å²) in [7, 11) is 1.94. The SMILES string of the molecule is CNCCC=Cc1c(C)ccnc1Cl. The molecule has 0 unspecified atom stereocenters. The van der Waals surface area contributed by atoms with E-state index in [-0.39, 0.29) is 0 Å². The molecule has 1 rings (SSSR count). The minimum atomic E-state index is 0.575. The Labute approximate surface area is 90.0 Å². The lowest BCUT2D eigenvalue weighted by Gasteiger charge is -2.01. The molecule has 0 amide bonds. The standard InChI is InChI=1S/C11H15ClN2/c1-9-6-8-14-11(12)10(9)5-3-4-7-13-2/h3,5-6,8,13H,4,7H2,1-2H3. The fraction of sp³-hybridized carbons (Fsp3) is 0.364. The number of nitrogens with zero attached hydrogens (tertiary/aromatic N) is 1. The summed E-state index contributed by atoms with van der Waals surface area (Å²) in [6.45, 7) is 3.01. The first-order chi connectivity index (χ1) is 6.75. The number of aromatic nitrogens is 1. The van der Waals surface area contributed by atoms with E-state index in [4.69, 9.17) is 11.6 Å². The normalized spacial score (nSPS) is 11.1. The minimum absolute atomic E-state index is 0.575. The summed E-state index contributed by atoms with van der Waals surface area (Å²) < 4.78 is 0. The maximum Gasteiger partial charge on any atom is 0.136 e. The summed E-state index contributed by atoms with van der Waals surface area (Å²) in [5.74, 6) is 0. The second-order valence-electron chi connectivity index (χ2n) is 3.13. The average Bonchev–Trinajstić information content (AvgIpc) is 2.16. The van der Waals surface area contributed by atoms with Crippen molar-refractivity contribution < 1.29 is 0 Å². The molecule has 76 valence electrons. The minimum Gasteiger partial charge on any atom is -0.319 e. The van der Waals surface area contributed by atoms with Gasteiger partial charge in [-0.3, -0.25) is 0 Å². The molecule has 0 radical (unpaired) electrons. The summed E-state index contributed by atoms with van der Waals surface area (Å²) in [6.07, 6.45) is 6.86. The zero-order valence-electron chi connectivity index (χ0n) is 8.55. The van der Waals surface area contributed by atoms with E-state index in [0.29, 0.717) is 5.15 Å². The van der Waals surface area contributed by atoms with Gasteiger partial charge in [-0.15, -0.1) is 0 Å². The summed E-state index contributed by atoms with van der Waals surface area (Å²) in [5.41, 5.74) is 2.18. The molecule has 0 bridgehead atoms. The first-order valence-corrected chi connectivity index (χ1v) is 5.05. The van der Waals surface area contributed by atoms with Gasteiger partial charge in [0, 0.05) is 11.8 Å². The lowest BCUT2D eigenvalue weighted by molar-refractivity contribution is 0.809. The highest BCUT2D eigenvalue weighted by atomic mass is 35.5. The lowest BCUT2D eigenvalue weighted by atomic mass is 10.1. The van der Waals surface area contributed by atoms with Crippen LogP contribution in [0.25, 0.3) is 6.08 Å². The van der Waals surface area contributed by atoms with E-state index in [1.165, 1.54) is 0 Å². The summed E-state index contributed by atoms with van der Waals surface area (Å²) in [6, 6.07) is 1.96. The zero-order valence-corrected chi connectivity index (χ0v) is 9.30. The number of aryl methyl sites for hydroxylation is 1. The van der Waals surface area contributed by atoms with Crippen molar-refractivity contribution in [2.45, 2.75) is 13.3 Å². The maximum absolute atomic E-state index is 5.96. The molecule has 1 aromatic rings. The molecule has 0 saturated carbocycles. The number of nitrogens with one attached hydrogen (secondary N) is 1. The fourth-order valence-electron chi connectivity index (χ4n) is 1.17. The quantitative estimate of drug-likeness (QED) is 0.611. The van der Waals surface area contributed by atoms with E-state index in [0.717, 1.165) is 24.1 Å².